The summed E-state index contributed by atoms with van der Waals surface area (Å²) in [5, 5.41) is 9.35. The molecule has 0 amide bonds. The Labute approximate surface area is 128 Å². The number of hydrogen-bond acceptors (Lipinski definition) is 6. The number of ether oxygens (including phenoxy) is 1. The third-order valence-corrected chi connectivity index (χ3v) is 5.13. The van der Waals surface area contributed by atoms with Gasteiger partial charge in [0.2, 0.25) is 0 Å². The van der Waals surface area contributed by atoms with E-state index in [2.05, 4.69) is 0 Å². The maximum Gasteiger partial charge on any atom is 0.372 e. The predicted octanol–water partition coefficient (Wildman–Crippen LogP) is 3.50. The van der Waals surface area contributed by atoms with Gasteiger partial charge >= 0.3 is 13.6 Å². The average Bonchev–Trinajstić information content (AvgIpc) is 2.48. The van der Waals surface area contributed by atoms with Gasteiger partial charge in [-0.1, -0.05) is 18.2 Å². The molecule has 0 atom stereocenters. The highest BCUT2D eigenvalue weighted by atomic mass is 31.2. The highest BCUT2D eigenvalue weighted by Crippen LogP contribution is 2.59. The molecule has 0 unspecified atom stereocenters. The summed E-state index contributed by atoms with van der Waals surface area (Å²) in [6, 6.07) is 8.69. The van der Waals surface area contributed by atoms with Crippen LogP contribution in [-0.4, -0.2) is 19.2 Å². The Morgan fingerprint density at radius 1 is 1.32 bits per heavy atom. The van der Waals surface area contributed by atoms with E-state index in [9.17, 15) is 14.6 Å². The van der Waals surface area contributed by atoms with Crippen LogP contribution in [0.1, 0.15) is 25.8 Å². The number of carbonyl (C=O) groups is 1. The topological polar surface area (TPSA) is 85.6 Å². The highest BCUT2D eigenvalue weighted by molar-refractivity contribution is 7.59. The van der Waals surface area contributed by atoms with Crippen LogP contribution in [-0.2, 0) is 18.4 Å². The first-order valence-electron chi connectivity index (χ1n) is 6.88. The van der Waals surface area contributed by atoms with Crippen LogP contribution >= 0.6 is 7.60 Å². The lowest BCUT2D eigenvalue weighted by atomic mass is 9.99. The fourth-order valence-corrected chi connectivity index (χ4v) is 3.88. The van der Waals surface area contributed by atoms with E-state index in [1.807, 2.05) is 6.07 Å². The summed E-state index contributed by atoms with van der Waals surface area (Å²) in [6.45, 7) is 3.58. The molecule has 0 aromatic heterocycles. The van der Waals surface area contributed by atoms with E-state index in [0.717, 1.165) is 0 Å². The summed E-state index contributed by atoms with van der Waals surface area (Å²) in [5.74, 6) is -0.179. The number of carbonyl (C=O) groups excluding carboxylic acids is 1. The summed E-state index contributed by atoms with van der Waals surface area (Å²) in [7, 11) is -3.77. The third kappa shape index (κ3) is 3.12. The zero-order valence-corrected chi connectivity index (χ0v) is 13.3. The van der Waals surface area contributed by atoms with Gasteiger partial charge in [0.1, 0.15) is 17.1 Å². The summed E-state index contributed by atoms with van der Waals surface area (Å²) in [4.78, 5) is 11.8. The monoisotopic (exact) mass is 321 g/mol. The summed E-state index contributed by atoms with van der Waals surface area (Å²) in [5.41, 5.74) is 0.887. The summed E-state index contributed by atoms with van der Waals surface area (Å²) < 4.78 is 28.5. The van der Waals surface area contributed by atoms with Crippen molar-refractivity contribution < 1.29 is 23.1 Å². The van der Waals surface area contributed by atoms with Gasteiger partial charge in [-0.3, -0.25) is 9.36 Å². The Morgan fingerprint density at radius 2 is 1.95 bits per heavy atom. The number of nitriles is 1. The van der Waals surface area contributed by atoms with Crippen molar-refractivity contribution in [3.8, 4) is 11.8 Å². The maximum absolute atomic E-state index is 12.9. The van der Waals surface area contributed by atoms with Gasteiger partial charge in [0.25, 0.3) is 0 Å². The van der Waals surface area contributed by atoms with E-state index in [-0.39, 0.29) is 24.9 Å². The molecule has 1 heterocycles. The Hall–Kier alpha value is -1.93. The van der Waals surface area contributed by atoms with Crippen LogP contribution in [0.5, 0.6) is 5.75 Å². The zero-order chi connectivity index (χ0) is 16.2. The molecule has 2 rings (SSSR count). The van der Waals surface area contributed by atoms with Gasteiger partial charge in [-0.2, -0.15) is 5.26 Å². The smallest absolute Gasteiger partial charge is 0.372 e. The molecule has 0 aliphatic carbocycles. The van der Waals surface area contributed by atoms with Crippen molar-refractivity contribution >= 4 is 19.1 Å². The molecular formula is C15H16NO5P. The van der Waals surface area contributed by atoms with Crippen molar-refractivity contribution in [1.29, 1.82) is 5.26 Å². The fourth-order valence-electron chi connectivity index (χ4n) is 2.21. The molecule has 0 saturated heterocycles. The second kappa shape index (κ2) is 6.89. The van der Waals surface area contributed by atoms with Crippen molar-refractivity contribution in [3.63, 3.8) is 0 Å². The molecule has 7 heteroatoms. The van der Waals surface area contributed by atoms with E-state index < -0.39 is 13.6 Å². The van der Waals surface area contributed by atoms with Crippen LogP contribution in [0.4, 0.5) is 0 Å². The number of fused-ring (bicyclic) bond motifs is 1. The molecule has 1 aromatic carbocycles. The minimum Gasteiger partial charge on any atom is -0.426 e. The van der Waals surface area contributed by atoms with E-state index in [1.165, 1.54) is 0 Å². The van der Waals surface area contributed by atoms with Crippen molar-refractivity contribution in [2.75, 3.05) is 13.2 Å². The molecule has 0 bridgehead atoms. The van der Waals surface area contributed by atoms with Gasteiger partial charge in [-0.15, -0.1) is 0 Å². The van der Waals surface area contributed by atoms with Gasteiger partial charge in [-0.05, 0) is 19.9 Å². The lowest BCUT2D eigenvalue weighted by molar-refractivity contribution is -0.133. The lowest BCUT2D eigenvalue weighted by Gasteiger charge is -2.23. The van der Waals surface area contributed by atoms with E-state index >= 15 is 0 Å². The van der Waals surface area contributed by atoms with Crippen LogP contribution < -0.4 is 4.74 Å². The first kappa shape index (κ1) is 16.4. The molecule has 116 valence electrons. The van der Waals surface area contributed by atoms with Crippen molar-refractivity contribution in [2.45, 2.75) is 20.3 Å². The van der Waals surface area contributed by atoms with E-state index in [4.69, 9.17) is 13.8 Å². The minimum absolute atomic E-state index is 0.127. The highest BCUT2D eigenvalue weighted by Gasteiger charge is 2.36. The van der Waals surface area contributed by atoms with Crippen molar-refractivity contribution in [2.24, 2.45) is 0 Å². The summed E-state index contributed by atoms with van der Waals surface area (Å²) in [6.07, 6.45) is -0.149. The van der Waals surface area contributed by atoms with Gasteiger partial charge < -0.3 is 13.8 Å². The molecule has 22 heavy (non-hydrogen) atoms. The fraction of sp³-hybridized carbons (Fsp3) is 0.333. The number of nitrogens with zero attached hydrogens (tertiary/aromatic N) is 1. The lowest BCUT2D eigenvalue weighted by Crippen LogP contribution is -2.16. The Bertz CT molecular complexity index is 694. The number of allylic oxidation sites excluding steroid dienone is 1. The number of hydrogen-bond donors (Lipinski definition) is 0. The van der Waals surface area contributed by atoms with Crippen LogP contribution in [0, 0.1) is 11.3 Å². The van der Waals surface area contributed by atoms with Crippen LogP contribution in [0.15, 0.2) is 29.6 Å². The Morgan fingerprint density at radius 3 is 2.55 bits per heavy atom. The molecule has 0 radical (unpaired) electrons. The predicted molar refractivity (Wildman–Crippen MR) is 80.1 cm³/mol. The first-order chi connectivity index (χ1) is 10.6. The van der Waals surface area contributed by atoms with Gasteiger partial charge in [0.05, 0.1) is 19.6 Å². The molecule has 6 nitrogen and oxygen atoms in total. The average molecular weight is 321 g/mol. The molecule has 0 saturated carbocycles. The van der Waals surface area contributed by atoms with E-state index in [0.29, 0.717) is 16.9 Å². The molecular weight excluding hydrogens is 305 g/mol. The Balaban J connectivity index is 2.66. The Kier molecular flexibility index (Phi) is 5.15. The third-order valence-electron chi connectivity index (χ3n) is 3.02. The molecule has 1 aliphatic rings. The molecule has 1 aliphatic heterocycles. The number of esters is 1. The van der Waals surface area contributed by atoms with Crippen LogP contribution in [0.3, 0.4) is 0 Å². The quantitative estimate of drug-likeness (QED) is 0.357. The van der Waals surface area contributed by atoms with Gasteiger partial charge in [0.15, 0.2) is 0 Å². The van der Waals surface area contributed by atoms with Crippen molar-refractivity contribution in [1.82, 2.24) is 0 Å². The largest absolute Gasteiger partial charge is 0.426 e. The standard InChI is InChI=1S/C15H16NO5P/c1-3-19-22(18,20-4-2)14(10-16)12-9-15(17)21-13-8-6-5-7-11(12)13/h5-8H,3-4,9H2,1-2H3/b14-12+. The normalized spacial score (nSPS) is 16.5. The number of rotatable bonds is 5. The summed E-state index contributed by atoms with van der Waals surface area (Å²) >= 11 is 0. The van der Waals surface area contributed by atoms with E-state index in [1.54, 1.807) is 38.1 Å². The van der Waals surface area contributed by atoms with Crippen LogP contribution in [0.2, 0.25) is 0 Å². The molecule has 0 spiro atoms. The zero-order valence-electron chi connectivity index (χ0n) is 12.4. The van der Waals surface area contributed by atoms with Gasteiger partial charge in [-0.25, -0.2) is 0 Å². The van der Waals surface area contributed by atoms with Crippen LogP contribution in [0.25, 0.3) is 5.57 Å². The second-order valence-electron chi connectivity index (χ2n) is 4.42. The molecule has 1 aromatic rings. The number of benzene rings is 1. The SMILES string of the molecule is CCOP(=O)(OCC)/C(C#N)=C1\CC(=O)Oc2ccccc21. The second-order valence-corrected chi connectivity index (χ2v) is 6.38. The minimum atomic E-state index is -3.77. The molecule has 0 N–H and O–H groups in total. The maximum atomic E-state index is 12.9. The van der Waals surface area contributed by atoms with Gasteiger partial charge in [0, 0.05) is 11.1 Å². The number of para-hydroxylation sites is 1. The molecule has 0 fully saturated rings. The van der Waals surface area contributed by atoms with Crippen molar-refractivity contribution in [3.05, 3.63) is 35.1 Å². The first-order valence-corrected chi connectivity index (χ1v) is 8.43.